The molecule has 0 heterocycles. The molecule has 0 amide bonds. The second-order valence-electron chi connectivity index (χ2n) is 10.7. The van der Waals surface area contributed by atoms with Crippen LogP contribution < -0.4 is 5.32 Å². The minimum Gasteiger partial charge on any atom is -0.390 e. The summed E-state index contributed by atoms with van der Waals surface area (Å²) in [5.41, 5.74) is 0.758. The van der Waals surface area contributed by atoms with E-state index in [1.807, 2.05) is 6.20 Å². The third kappa shape index (κ3) is 1.78. The molecule has 0 aromatic carbocycles. The highest BCUT2D eigenvalue weighted by Crippen LogP contribution is 2.66. The Morgan fingerprint density at radius 2 is 1.60 bits per heavy atom. The SMILES string of the molecule is CC12CCC(C(=CNCC3C(=O)C4(C)CCC3C4(C)C)C1=O)C2(C)C. The zero-order valence-electron chi connectivity index (χ0n) is 16.7. The van der Waals surface area contributed by atoms with E-state index < -0.39 is 0 Å². The van der Waals surface area contributed by atoms with Gasteiger partial charge in [-0.25, -0.2) is 0 Å². The monoisotopic (exact) mass is 343 g/mol. The van der Waals surface area contributed by atoms with Crippen LogP contribution in [0.1, 0.15) is 67.2 Å². The summed E-state index contributed by atoms with van der Waals surface area (Å²) in [6.45, 7) is 14.0. The summed E-state index contributed by atoms with van der Waals surface area (Å²) in [6, 6.07) is 0. The average molecular weight is 344 g/mol. The van der Waals surface area contributed by atoms with E-state index in [0.29, 0.717) is 29.9 Å². The smallest absolute Gasteiger partial charge is 0.167 e. The number of allylic oxidation sites excluding steroid dienone is 1. The van der Waals surface area contributed by atoms with Crippen LogP contribution in [0, 0.1) is 39.4 Å². The Morgan fingerprint density at radius 3 is 2.12 bits per heavy atom. The predicted molar refractivity (Wildman–Crippen MR) is 98.8 cm³/mol. The first-order valence-electron chi connectivity index (χ1n) is 10.0. The summed E-state index contributed by atoms with van der Waals surface area (Å²) in [7, 11) is 0. The van der Waals surface area contributed by atoms with Crippen LogP contribution in [0.5, 0.6) is 0 Å². The largest absolute Gasteiger partial charge is 0.390 e. The summed E-state index contributed by atoms with van der Waals surface area (Å²) >= 11 is 0. The molecule has 25 heavy (non-hydrogen) atoms. The van der Waals surface area contributed by atoms with Gasteiger partial charge in [0.05, 0.1) is 0 Å². The number of ketones is 2. The van der Waals surface area contributed by atoms with E-state index in [9.17, 15) is 9.59 Å². The summed E-state index contributed by atoms with van der Waals surface area (Å²) in [4.78, 5) is 25.9. The molecule has 4 aliphatic carbocycles. The van der Waals surface area contributed by atoms with E-state index in [1.54, 1.807) is 0 Å². The molecule has 4 rings (SSSR count). The molecule has 0 saturated heterocycles. The van der Waals surface area contributed by atoms with E-state index in [4.69, 9.17) is 0 Å². The van der Waals surface area contributed by atoms with Crippen LogP contribution in [-0.4, -0.2) is 18.1 Å². The second kappa shape index (κ2) is 4.78. The van der Waals surface area contributed by atoms with Crippen LogP contribution in [0.2, 0.25) is 0 Å². The average Bonchev–Trinajstić information content (AvgIpc) is 3.01. The topological polar surface area (TPSA) is 46.2 Å². The number of carbonyl (C=O) groups is 2. The highest BCUT2D eigenvalue weighted by Gasteiger charge is 2.66. The molecular formula is C22H33NO2. The van der Waals surface area contributed by atoms with Crippen molar-refractivity contribution in [1.29, 1.82) is 0 Å². The molecular weight excluding hydrogens is 310 g/mol. The van der Waals surface area contributed by atoms with Gasteiger partial charge in [-0.15, -0.1) is 0 Å². The van der Waals surface area contributed by atoms with Gasteiger partial charge in [-0.2, -0.15) is 0 Å². The maximum Gasteiger partial charge on any atom is 0.167 e. The number of fused-ring (bicyclic) bond motifs is 4. The fourth-order valence-electron chi connectivity index (χ4n) is 6.90. The molecule has 3 nitrogen and oxygen atoms in total. The molecule has 138 valence electrons. The highest BCUT2D eigenvalue weighted by atomic mass is 16.1. The normalized spacial score (nSPS) is 47.9. The van der Waals surface area contributed by atoms with Crippen LogP contribution in [0.25, 0.3) is 0 Å². The molecule has 5 unspecified atom stereocenters. The number of hydrogen-bond donors (Lipinski definition) is 1. The summed E-state index contributed by atoms with van der Waals surface area (Å²) in [5, 5.41) is 3.41. The lowest BCUT2D eigenvalue weighted by Crippen LogP contribution is -2.36. The van der Waals surface area contributed by atoms with Gasteiger partial charge < -0.3 is 5.32 Å². The number of Topliss-reactive ketones (excluding diaryl/α,β-unsaturated/α-hetero) is 2. The van der Waals surface area contributed by atoms with Crippen LogP contribution in [-0.2, 0) is 9.59 Å². The molecule has 4 fully saturated rings. The van der Waals surface area contributed by atoms with E-state index in [-0.39, 0.29) is 27.6 Å². The highest BCUT2D eigenvalue weighted by molar-refractivity contribution is 6.04. The Hall–Kier alpha value is -1.12. The van der Waals surface area contributed by atoms with Crippen molar-refractivity contribution < 1.29 is 9.59 Å². The van der Waals surface area contributed by atoms with Crippen molar-refractivity contribution in [1.82, 2.24) is 5.32 Å². The molecule has 4 aliphatic rings. The third-order valence-electron chi connectivity index (χ3n) is 9.63. The standard InChI is InChI=1S/C22H33NO2/c1-19(2)15-7-9-21(19,5)17(24)13(15)11-23-12-14-16-8-10-22(6,18(14)25)20(16,3)4/h11,14-16,23H,7-10,12H2,1-6H3. The van der Waals surface area contributed by atoms with Gasteiger partial charge in [0, 0.05) is 35.1 Å². The molecule has 1 N–H and O–H groups in total. The Kier molecular flexibility index (Phi) is 3.31. The molecule has 3 heteroatoms. The Balaban J connectivity index is 1.50. The summed E-state index contributed by atoms with van der Waals surface area (Å²) < 4.78 is 0. The molecule has 0 spiro atoms. The maximum absolute atomic E-state index is 12.9. The molecule has 5 atom stereocenters. The van der Waals surface area contributed by atoms with E-state index >= 15 is 0 Å². The zero-order valence-corrected chi connectivity index (χ0v) is 16.7. The lowest BCUT2D eigenvalue weighted by molar-refractivity contribution is -0.131. The van der Waals surface area contributed by atoms with Crippen molar-refractivity contribution in [3.05, 3.63) is 11.8 Å². The number of nitrogens with one attached hydrogen (secondary N) is 1. The van der Waals surface area contributed by atoms with Gasteiger partial charge in [0.25, 0.3) is 0 Å². The van der Waals surface area contributed by atoms with Crippen LogP contribution >= 0.6 is 0 Å². The number of rotatable bonds is 3. The minimum absolute atomic E-state index is 0.0509. The summed E-state index contributed by atoms with van der Waals surface area (Å²) in [6.07, 6.45) is 6.28. The van der Waals surface area contributed by atoms with E-state index in [0.717, 1.165) is 31.3 Å². The van der Waals surface area contributed by atoms with Crippen molar-refractivity contribution in [2.75, 3.05) is 6.54 Å². The van der Waals surface area contributed by atoms with Gasteiger partial charge in [-0.1, -0.05) is 41.5 Å². The third-order valence-corrected chi connectivity index (χ3v) is 9.63. The molecule has 4 bridgehead atoms. The number of hydrogen-bond acceptors (Lipinski definition) is 3. The second-order valence-corrected chi connectivity index (χ2v) is 10.7. The molecule has 0 aliphatic heterocycles. The van der Waals surface area contributed by atoms with E-state index in [2.05, 4.69) is 46.9 Å². The first kappa shape index (κ1) is 17.3. The van der Waals surface area contributed by atoms with Gasteiger partial charge in [0.15, 0.2) is 5.78 Å². The number of carbonyl (C=O) groups excluding carboxylic acids is 2. The van der Waals surface area contributed by atoms with Gasteiger partial charge in [-0.05, 0) is 48.3 Å². The molecule has 0 aromatic rings. The van der Waals surface area contributed by atoms with Crippen molar-refractivity contribution >= 4 is 11.6 Å². The predicted octanol–water partition coefficient (Wildman–Crippen LogP) is 4.13. The van der Waals surface area contributed by atoms with Crippen molar-refractivity contribution in [2.45, 2.75) is 67.2 Å². The minimum atomic E-state index is -0.205. The fraction of sp³-hybridized carbons (Fsp3) is 0.818. The Morgan fingerprint density at radius 1 is 0.960 bits per heavy atom. The van der Waals surface area contributed by atoms with Crippen molar-refractivity contribution in [2.24, 2.45) is 39.4 Å². The van der Waals surface area contributed by atoms with Gasteiger partial charge in [-0.3, -0.25) is 9.59 Å². The Labute approximate surface area is 152 Å². The van der Waals surface area contributed by atoms with E-state index in [1.165, 1.54) is 0 Å². The summed E-state index contributed by atoms with van der Waals surface area (Å²) in [5.74, 6) is 1.70. The first-order valence-corrected chi connectivity index (χ1v) is 10.0. The lowest BCUT2D eigenvalue weighted by atomic mass is 9.70. The Bertz CT molecular complexity index is 688. The van der Waals surface area contributed by atoms with Crippen molar-refractivity contribution in [3.63, 3.8) is 0 Å². The van der Waals surface area contributed by atoms with Crippen LogP contribution in [0.15, 0.2) is 11.8 Å². The van der Waals surface area contributed by atoms with Crippen LogP contribution in [0.4, 0.5) is 0 Å². The first-order chi connectivity index (χ1) is 11.5. The molecule has 0 aromatic heterocycles. The maximum atomic E-state index is 12.9. The van der Waals surface area contributed by atoms with Crippen molar-refractivity contribution in [3.8, 4) is 0 Å². The molecule has 0 radical (unpaired) electrons. The van der Waals surface area contributed by atoms with Gasteiger partial charge >= 0.3 is 0 Å². The molecule has 4 saturated carbocycles. The lowest BCUT2D eigenvalue weighted by Gasteiger charge is -2.32. The van der Waals surface area contributed by atoms with Gasteiger partial charge in [0.1, 0.15) is 5.78 Å². The zero-order chi connectivity index (χ0) is 18.4. The quantitative estimate of drug-likeness (QED) is 0.784. The van der Waals surface area contributed by atoms with Crippen LogP contribution in [0.3, 0.4) is 0 Å². The fourth-order valence-corrected chi connectivity index (χ4v) is 6.90. The van der Waals surface area contributed by atoms with Gasteiger partial charge in [0.2, 0.25) is 0 Å².